The molecule has 0 spiro atoms. The van der Waals surface area contributed by atoms with Crippen LogP contribution in [0.25, 0.3) is 0 Å². The first kappa shape index (κ1) is 11.1. The summed E-state index contributed by atoms with van der Waals surface area (Å²) in [5.41, 5.74) is 0.409. The zero-order chi connectivity index (χ0) is 10.7. The van der Waals surface area contributed by atoms with Gasteiger partial charge in [0.25, 0.3) is 0 Å². The van der Waals surface area contributed by atoms with Gasteiger partial charge in [-0.1, -0.05) is 26.0 Å². The van der Waals surface area contributed by atoms with Crippen LogP contribution in [0.15, 0.2) is 24.3 Å². The van der Waals surface area contributed by atoms with Crippen molar-refractivity contribution in [3.63, 3.8) is 0 Å². The van der Waals surface area contributed by atoms with E-state index in [4.69, 9.17) is 0 Å². The van der Waals surface area contributed by atoms with E-state index in [9.17, 15) is 14.6 Å². The van der Waals surface area contributed by atoms with Crippen molar-refractivity contribution in [2.45, 2.75) is 26.1 Å². The van der Waals surface area contributed by atoms with Crippen molar-refractivity contribution < 1.29 is 14.6 Å². The van der Waals surface area contributed by atoms with Crippen molar-refractivity contribution in [3.8, 4) is 0 Å². The fraction of sp³-hybridized carbons (Fsp3) is 0.455. The van der Waals surface area contributed by atoms with Crippen molar-refractivity contribution in [1.29, 1.82) is 0 Å². The van der Waals surface area contributed by atoms with E-state index in [-0.39, 0.29) is 5.92 Å². The first-order valence-corrected chi connectivity index (χ1v) is 4.64. The van der Waals surface area contributed by atoms with Crippen LogP contribution in [0.4, 0.5) is 4.39 Å². The summed E-state index contributed by atoms with van der Waals surface area (Å²) in [5, 5.41) is 19.2. The van der Waals surface area contributed by atoms with Gasteiger partial charge in [-0.3, -0.25) is 0 Å². The molecule has 2 N–H and O–H groups in total. The summed E-state index contributed by atoms with van der Waals surface area (Å²) in [6.07, 6.45) is -1.89. The maximum Gasteiger partial charge on any atom is 0.123 e. The summed E-state index contributed by atoms with van der Waals surface area (Å²) in [7, 11) is 0. The zero-order valence-electron chi connectivity index (χ0n) is 8.31. The molecule has 1 rings (SSSR count). The van der Waals surface area contributed by atoms with Gasteiger partial charge < -0.3 is 10.2 Å². The van der Waals surface area contributed by atoms with E-state index in [1.54, 1.807) is 19.9 Å². The highest BCUT2D eigenvalue weighted by molar-refractivity contribution is 5.19. The second-order valence-corrected chi connectivity index (χ2v) is 3.73. The Kier molecular flexibility index (Phi) is 3.61. The van der Waals surface area contributed by atoms with E-state index in [0.29, 0.717) is 5.56 Å². The van der Waals surface area contributed by atoms with Gasteiger partial charge in [-0.25, -0.2) is 4.39 Å². The summed E-state index contributed by atoms with van der Waals surface area (Å²) in [5.74, 6) is -0.467. The number of hydrogen-bond acceptors (Lipinski definition) is 2. The van der Waals surface area contributed by atoms with Crippen molar-refractivity contribution in [2.75, 3.05) is 0 Å². The normalized spacial score (nSPS) is 15.6. The van der Waals surface area contributed by atoms with E-state index in [1.807, 2.05) is 0 Å². The Bertz CT molecular complexity index is 299. The lowest BCUT2D eigenvalue weighted by Gasteiger charge is -2.21. The molecule has 0 radical (unpaired) electrons. The second-order valence-electron chi connectivity index (χ2n) is 3.73. The molecule has 0 amide bonds. The average molecular weight is 198 g/mol. The van der Waals surface area contributed by atoms with Gasteiger partial charge in [0.15, 0.2) is 0 Å². The predicted octanol–water partition coefficient (Wildman–Crippen LogP) is 1.88. The molecule has 1 aromatic rings. The monoisotopic (exact) mass is 198 g/mol. The molecule has 78 valence electrons. The highest BCUT2D eigenvalue weighted by Crippen LogP contribution is 2.21. The van der Waals surface area contributed by atoms with Gasteiger partial charge in [0.1, 0.15) is 11.9 Å². The quantitative estimate of drug-likeness (QED) is 0.778. The average Bonchev–Trinajstić information content (AvgIpc) is 2.15. The highest BCUT2D eigenvalue weighted by atomic mass is 19.1. The minimum Gasteiger partial charge on any atom is -0.390 e. The second kappa shape index (κ2) is 4.53. The zero-order valence-corrected chi connectivity index (χ0v) is 8.31. The Morgan fingerprint density at radius 3 is 2.36 bits per heavy atom. The summed E-state index contributed by atoms with van der Waals surface area (Å²) in [6, 6.07) is 5.65. The van der Waals surface area contributed by atoms with Gasteiger partial charge >= 0.3 is 0 Å². The molecule has 0 aliphatic rings. The van der Waals surface area contributed by atoms with Crippen molar-refractivity contribution in [2.24, 2.45) is 5.92 Å². The van der Waals surface area contributed by atoms with Crippen LogP contribution in [0.1, 0.15) is 25.5 Å². The number of rotatable bonds is 3. The first-order valence-electron chi connectivity index (χ1n) is 4.64. The van der Waals surface area contributed by atoms with Crippen LogP contribution in [0, 0.1) is 11.7 Å². The lowest BCUT2D eigenvalue weighted by atomic mass is 9.96. The van der Waals surface area contributed by atoms with E-state index >= 15 is 0 Å². The summed E-state index contributed by atoms with van der Waals surface area (Å²) in [4.78, 5) is 0. The molecule has 1 unspecified atom stereocenters. The van der Waals surface area contributed by atoms with Gasteiger partial charge in [-0.15, -0.1) is 0 Å². The summed E-state index contributed by atoms with van der Waals surface area (Å²) >= 11 is 0. The lowest BCUT2D eigenvalue weighted by Crippen LogP contribution is -2.23. The van der Waals surface area contributed by atoms with E-state index < -0.39 is 18.0 Å². The molecule has 1 aromatic carbocycles. The van der Waals surface area contributed by atoms with Gasteiger partial charge in [0.05, 0.1) is 6.10 Å². The number of halogens is 1. The third-order valence-electron chi connectivity index (χ3n) is 2.20. The minimum absolute atomic E-state index is 0.0618. The lowest BCUT2D eigenvalue weighted by molar-refractivity contribution is -0.00952. The molecule has 0 aliphatic heterocycles. The Balaban J connectivity index is 2.83. The van der Waals surface area contributed by atoms with Crippen LogP contribution < -0.4 is 0 Å². The van der Waals surface area contributed by atoms with Crippen LogP contribution in [0.3, 0.4) is 0 Å². The van der Waals surface area contributed by atoms with Crippen LogP contribution in [-0.2, 0) is 0 Å². The van der Waals surface area contributed by atoms with Gasteiger partial charge in [-0.05, 0) is 23.6 Å². The minimum atomic E-state index is -1.02. The third kappa shape index (κ3) is 2.53. The molecule has 0 saturated heterocycles. The maximum absolute atomic E-state index is 12.8. The van der Waals surface area contributed by atoms with Gasteiger partial charge in [0.2, 0.25) is 0 Å². The summed E-state index contributed by atoms with van der Waals surface area (Å²) < 4.78 is 12.8. The molecular formula is C11H15FO2. The van der Waals surface area contributed by atoms with Crippen molar-refractivity contribution in [1.82, 2.24) is 0 Å². The Morgan fingerprint density at radius 1 is 1.21 bits per heavy atom. The smallest absolute Gasteiger partial charge is 0.123 e. The number of aliphatic hydroxyl groups is 2. The fourth-order valence-corrected chi connectivity index (χ4v) is 1.25. The van der Waals surface area contributed by atoms with Gasteiger partial charge in [-0.2, -0.15) is 0 Å². The van der Waals surface area contributed by atoms with Crippen molar-refractivity contribution in [3.05, 3.63) is 35.6 Å². The topological polar surface area (TPSA) is 40.5 Å². The SMILES string of the molecule is CC(C)C(O)[C@H](O)c1cccc(F)c1. The molecule has 2 nitrogen and oxygen atoms in total. The fourth-order valence-electron chi connectivity index (χ4n) is 1.25. The number of benzene rings is 1. The number of aliphatic hydroxyl groups excluding tert-OH is 2. The van der Waals surface area contributed by atoms with Crippen LogP contribution in [0.2, 0.25) is 0 Å². The maximum atomic E-state index is 12.8. The van der Waals surface area contributed by atoms with Crippen molar-refractivity contribution >= 4 is 0 Å². The van der Waals surface area contributed by atoms with Crippen LogP contribution in [-0.4, -0.2) is 16.3 Å². The highest BCUT2D eigenvalue weighted by Gasteiger charge is 2.21. The largest absolute Gasteiger partial charge is 0.390 e. The Hall–Kier alpha value is -0.930. The molecule has 3 heteroatoms. The van der Waals surface area contributed by atoms with Gasteiger partial charge in [0, 0.05) is 0 Å². The molecule has 0 aliphatic carbocycles. The standard InChI is InChI=1S/C11H15FO2/c1-7(2)10(13)11(14)8-4-3-5-9(12)6-8/h3-7,10-11,13-14H,1-2H3/t10?,11-/m1/s1. The van der Waals surface area contributed by atoms with Crippen LogP contribution in [0.5, 0.6) is 0 Å². The molecule has 0 heterocycles. The molecular weight excluding hydrogens is 183 g/mol. The summed E-state index contributed by atoms with van der Waals surface area (Å²) in [6.45, 7) is 3.60. The van der Waals surface area contributed by atoms with E-state index in [1.165, 1.54) is 18.2 Å². The molecule has 0 fully saturated rings. The number of hydrogen-bond donors (Lipinski definition) is 2. The molecule has 2 atom stereocenters. The Labute approximate surface area is 83.0 Å². The van der Waals surface area contributed by atoms with Crippen LogP contribution >= 0.6 is 0 Å². The molecule has 0 saturated carbocycles. The molecule has 0 aromatic heterocycles. The molecule has 0 bridgehead atoms. The van der Waals surface area contributed by atoms with E-state index in [0.717, 1.165) is 0 Å². The third-order valence-corrected chi connectivity index (χ3v) is 2.20. The predicted molar refractivity (Wildman–Crippen MR) is 52.2 cm³/mol. The molecule has 14 heavy (non-hydrogen) atoms. The van der Waals surface area contributed by atoms with E-state index in [2.05, 4.69) is 0 Å². The first-order chi connectivity index (χ1) is 6.52. The Morgan fingerprint density at radius 2 is 1.86 bits per heavy atom.